The van der Waals surface area contributed by atoms with Crippen LogP contribution in [0.25, 0.3) is 0 Å². The van der Waals surface area contributed by atoms with Gasteiger partial charge in [0.25, 0.3) is 0 Å². The van der Waals surface area contributed by atoms with Gasteiger partial charge in [0.1, 0.15) is 5.82 Å². The van der Waals surface area contributed by atoms with Gasteiger partial charge in [0.15, 0.2) is 0 Å². The molecule has 1 aliphatic rings. The van der Waals surface area contributed by atoms with Crippen molar-refractivity contribution in [2.24, 2.45) is 5.92 Å². The van der Waals surface area contributed by atoms with Gasteiger partial charge in [-0.25, -0.2) is 17.5 Å². The summed E-state index contributed by atoms with van der Waals surface area (Å²) in [5.41, 5.74) is 0.988. The quantitative estimate of drug-likeness (QED) is 0.626. The number of sulfonamides is 1. The van der Waals surface area contributed by atoms with Crippen LogP contribution < -0.4 is 14.9 Å². The average molecular weight is 434 g/mol. The smallest absolute Gasteiger partial charge is 0.240 e. The van der Waals surface area contributed by atoms with Crippen LogP contribution in [0.5, 0.6) is 0 Å². The lowest BCUT2D eigenvalue weighted by Crippen LogP contribution is -2.28. The molecule has 1 unspecified atom stereocenters. The highest BCUT2D eigenvalue weighted by molar-refractivity contribution is 7.89. The normalized spacial score (nSPS) is 16.7. The molecule has 1 aliphatic heterocycles. The number of halogens is 1. The Hall–Kier alpha value is -2.78. The topological polar surface area (TPSA) is 95.6 Å². The number of unbranched alkanes of at least 4 members (excludes halogenated alkanes) is 1. The summed E-state index contributed by atoms with van der Waals surface area (Å²) in [5, 5.41) is 2.72. The summed E-state index contributed by atoms with van der Waals surface area (Å²) in [7, 11) is -3.58. The fourth-order valence-corrected chi connectivity index (χ4v) is 4.26. The molecule has 0 spiro atoms. The zero-order chi connectivity index (χ0) is 21.7. The Morgan fingerprint density at radius 3 is 2.43 bits per heavy atom. The van der Waals surface area contributed by atoms with Crippen molar-refractivity contribution in [3.05, 3.63) is 54.3 Å². The van der Waals surface area contributed by atoms with E-state index in [0.717, 1.165) is 12.8 Å². The van der Waals surface area contributed by atoms with Gasteiger partial charge in [-0.3, -0.25) is 9.59 Å². The summed E-state index contributed by atoms with van der Waals surface area (Å²) >= 11 is 0. The molecule has 1 fully saturated rings. The molecule has 3 rings (SSSR count). The lowest BCUT2D eigenvalue weighted by molar-refractivity contribution is -0.122. The number of anilines is 2. The number of nitrogens with zero attached hydrogens (tertiary/aromatic N) is 1. The molecule has 0 radical (unpaired) electrons. The van der Waals surface area contributed by atoms with Crippen molar-refractivity contribution in [3.63, 3.8) is 0 Å². The molecule has 0 saturated carbocycles. The highest BCUT2D eigenvalue weighted by Gasteiger charge is 2.35. The van der Waals surface area contributed by atoms with Gasteiger partial charge in [-0.15, -0.1) is 0 Å². The maximum absolute atomic E-state index is 13.1. The molecule has 1 atom stereocenters. The van der Waals surface area contributed by atoms with Crippen LogP contribution >= 0.6 is 0 Å². The number of rotatable bonds is 8. The van der Waals surface area contributed by atoms with E-state index in [2.05, 4.69) is 10.0 Å². The molecule has 0 aromatic heterocycles. The minimum absolute atomic E-state index is 0.0526. The van der Waals surface area contributed by atoms with E-state index in [0.29, 0.717) is 17.9 Å². The van der Waals surface area contributed by atoms with Gasteiger partial charge in [-0.2, -0.15) is 0 Å². The highest BCUT2D eigenvalue weighted by atomic mass is 32.2. The third-order valence-electron chi connectivity index (χ3n) is 4.89. The van der Waals surface area contributed by atoms with Crippen molar-refractivity contribution in [1.29, 1.82) is 0 Å². The molecule has 160 valence electrons. The molecule has 0 aliphatic carbocycles. The summed E-state index contributed by atoms with van der Waals surface area (Å²) in [6.07, 6.45) is 1.69. The maximum Gasteiger partial charge on any atom is 0.240 e. The molecule has 0 bridgehead atoms. The van der Waals surface area contributed by atoms with Gasteiger partial charge < -0.3 is 10.2 Å². The first-order valence-electron chi connectivity index (χ1n) is 9.76. The summed E-state index contributed by atoms with van der Waals surface area (Å²) in [5.74, 6) is -1.49. The van der Waals surface area contributed by atoms with E-state index < -0.39 is 21.8 Å². The Morgan fingerprint density at radius 2 is 1.80 bits per heavy atom. The number of carbonyl (C=O) groups excluding carboxylic acids is 2. The van der Waals surface area contributed by atoms with E-state index in [9.17, 15) is 22.4 Å². The van der Waals surface area contributed by atoms with Crippen LogP contribution in [0.15, 0.2) is 53.4 Å². The van der Waals surface area contributed by atoms with E-state index in [-0.39, 0.29) is 29.7 Å². The molecule has 9 heteroatoms. The largest absolute Gasteiger partial charge is 0.326 e. The summed E-state index contributed by atoms with van der Waals surface area (Å²) < 4.78 is 40.0. The SMILES string of the molecule is CCCCNS(=O)(=O)c1ccc(NC(=O)C2CC(=O)N(c3ccc(F)cc3)C2)cc1. The van der Waals surface area contributed by atoms with Crippen molar-refractivity contribution in [2.75, 3.05) is 23.3 Å². The zero-order valence-electron chi connectivity index (χ0n) is 16.6. The van der Waals surface area contributed by atoms with Crippen LogP contribution in [0.3, 0.4) is 0 Å². The Labute approximate surface area is 175 Å². The first kappa shape index (κ1) is 21.9. The zero-order valence-corrected chi connectivity index (χ0v) is 17.4. The second-order valence-corrected chi connectivity index (χ2v) is 8.91. The fraction of sp³-hybridized carbons (Fsp3) is 0.333. The number of hydrogen-bond acceptors (Lipinski definition) is 4. The molecule has 2 amide bonds. The van der Waals surface area contributed by atoms with Crippen LogP contribution in [0.2, 0.25) is 0 Å². The van der Waals surface area contributed by atoms with Crippen LogP contribution in [0.1, 0.15) is 26.2 Å². The molecule has 2 N–H and O–H groups in total. The lowest BCUT2D eigenvalue weighted by atomic mass is 10.1. The average Bonchev–Trinajstić information content (AvgIpc) is 3.11. The summed E-state index contributed by atoms with van der Waals surface area (Å²) in [6, 6.07) is 11.4. The van der Waals surface area contributed by atoms with Crippen LogP contribution in [0.4, 0.5) is 15.8 Å². The van der Waals surface area contributed by atoms with Crippen molar-refractivity contribution < 1.29 is 22.4 Å². The number of carbonyl (C=O) groups is 2. The summed E-state index contributed by atoms with van der Waals surface area (Å²) in [4.78, 5) is 26.4. The first-order valence-corrected chi connectivity index (χ1v) is 11.2. The van der Waals surface area contributed by atoms with Crippen LogP contribution in [-0.4, -0.2) is 33.3 Å². The number of nitrogens with one attached hydrogen (secondary N) is 2. The van der Waals surface area contributed by atoms with Crippen LogP contribution in [-0.2, 0) is 19.6 Å². The fourth-order valence-electron chi connectivity index (χ4n) is 3.18. The van der Waals surface area contributed by atoms with E-state index in [4.69, 9.17) is 0 Å². The molecule has 1 heterocycles. The lowest BCUT2D eigenvalue weighted by Gasteiger charge is -2.16. The van der Waals surface area contributed by atoms with E-state index in [1.54, 1.807) is 0 Å². The third-order valence-corrected chi connectivity index (χ3v) is 6.37. The van der Waals surface area contributed by atoms with Gasteiger partial charge in [0.2, 0.25) is 21.8 Å². The maximum atomic E-state index is 13.1. The van der Waals surface area contributed by atoms with Gasteiger partial charge in [0, 0.05) is 30.9 Å². The molecule has 2 aromatic carbocycles. The predicted molar refractivity (Wildman–Crippen MR) is 112 cm³/mol. The van der Waals surface area contributed by atoms with Crippen molar-refractivity contribution >= 4 is 33.2 Å². The van der Waals surface area contributed by atoms with Crippen LogP contribution in [0, 0.1) is 11.7 Å². The molecule has 2 aromatic rings. The third kappa shape index (κ3) is 5.22. The van der Waals surface area contributed by atoms with Gasteiger partial charge >= 0.3 is 0 Å². The Balaban J connectivity index is 1.61. The molecule has 7 nitrogen and oxygen atoms in total. The second-order valence-electron chi connectivity index (χ2n) is 7.15. The predicted octanol–water partition coefficient (Wildman–Crippen LogP) is 2.90. The Bertz CT molecular complexity index is 1010. The Kier molecular flexibility index (Phi) is 6.84. The second kappa shape index (κ2) is 9.36. The standard InChI is InChI=1S/C21H24FN3O4S/c1-2-3-12-23-30(28,29)19-10-6-17(7-11-19)24-21(27)15-13-20(26)25(14-15)18-8-4-16(22)5-9-18/h4-11,15,23H,2-3,12-14H2,1H3,(H,24,27). The van der Waals surface area contributed by atoms with Gasteiger partial charge in [-0.1, -0.05) is 13.3 Å². The van der Waals surface area contributed by atoms with Gasteiger partial charge in [-0.05, 0) is 55.0 Å². The molecular formula is C21H24FN3O4S. The van der Waals surface area contributed by atoms with Crippen molar-refractivity contribution in [2.45, 2.75) is 31.1 Å². The number of hydrogen-bond donors (Lipinski definition) is 2. The minimum atomic E-state index is -3.58. The summed E-state index contributed by atoms with van der Waals surface area (Å²) in [6.45, 7) is 2.55. The van der Waals surface area contributed by atoms with E-state index in [1.807, 2.05) is 6.92 Å². The van der Waals surface area contributed by atoms with Gasteiger partial charge in [0.05, 0.1) is 10.8 Å². The number of benzene rings is 2. The molecule has 1 saturated heterocycles. The van der Waals surface area contributed by atoms with Crippen molar-refractivity contribution in [1.82, 2.24) is 4.72 Å². The van der Waals surface area contributed by atoms with E-state index in [1.165, 1.54) is 53.4 Å². The number of amides is 2. The molecular weight excluding hydrogens is 409 g/mol. The van der Waals surface area contributed by atoms with E-state index >= 15 is 0 Å². The monoisotopic (exact) mass is 433 g/mol. The highest BCUT2D eigenvalue weighted by Crippen LogP contribution is 2.26. The molecule has 30 heavy (non-hydrogen) atoms. The first-order chi connectivity index (χ1) is 14.3. The minimum Gasteiger partial charge on any atom is -0.326 e. The Morgan fingerprint density at radius 1 is 1.13 bits per heavy atom. The van der Waals surface area contributed by atoms with Crippen molar-refractivity contribution in [3.8, 4) is 0 Å².